The molecule has 0 amide bonds. The number of nitrogens with one attached hydrogen (secondary N) is 1. The summed E-state index contributed by atoms with van der Waals surface area (Å²) in [5.74, 6) is 0. The van der Waals surface area contributed by atoms with Crippen molar-refractivity contribution in [1.82, 2.24) is 14.9 Å². The molecule has 2 heterocycles. The van der Waals surface area contributed by atoms with Crippen LogP contribution in [0.4, 0.5) is 0 Å². The van der Waals surface area contributed by atoms with Crippen molar-refractivity contribution in [3.8, 4) is 0 Å². The Morgan fingerprint density at radius 3 is 2.76 bits per heavy atom. The summed E-state index contributed by atoms with van der Waals surface area (Å²) in [5.41, 5.74) is 3.71. The molecule has 0 fully saturated rings. The summed E-state index contributed by atoms with van der Waals surface area (Å²) in [5, 5.41) is 8.01. The molecule has 21 heavy (non-hydrogen) atoms. The maximum Gasteiger partial charge on any atom is 0.0706 e. The Balaban J connectivity index is 1.74. The molecule has 2 aromatic heterocycles. The van der Waals surface area contributed by atoms with E-state index in [1.165, 1.54) is 11.1 Å². The topological polar surface area (TPSA) is 29.3 Å². The number of nitrogens with zero attached hydrogens (tertiary/aromatic N) is 2. The molecule has 1 unspecified atom stereocenters. The van der Waals surface area contributed by atoms with Crippen molar-refractivity contribution < 1.29 is 0 Å². The number of fused-ring (bicyclic) bond motifs is 1. The zero-order chi connectivity index (χ0) is 14.7. The van der Waals surface area contributed by atoms with Crippen LogP contribution in [0, 0.1) is 0 Å². The highest BCUT2D eigenvalue weighted by molar-refractivity contribution is 9.10. The van der Waals surface area contributed by atoms with E-state index in [9.17, 15) is 0 Å². The highest BCUT2D eigenvalue weighted by Gasteiger charge is 2.10. The van der Waals surface area contributed by atoms with Crippen molar-refractivity contribution in [3.63, 3.8) is 0 Å². The Hall–Kier alpha value is -1.65. The molecule has 3 rings (SSSR count). The second kappa shape index (κ2) is 6.41. The van der Waals surface area contributed by atoms with Crippen LogP contribution in [-0.4, -0.2) is 9.61 Å². The Bertz CT molecular complexity index is 718. The van der Waals surface area contributed by atoms with E-state index in [4.69, 9.17) is 0 Å². The van der Waals surface area contributed by atoms with Gasteiger partial charge in [-0.1, -0.05) is 41.1 Å². The van der Waals surface area contributed by atoms with Gasteiger partial charge in [0.25, 0.3) is 0 Å². The molecule has 0 bridgehead atoms. The highest BCUT2D eigenvalue weighted by atomic mass is 79.9. The van der Waals surface area contributed by atoms with Gasteiger partial charge >= 0.3 is 0 Å². The van der Waals surface area contributed by atoms with Crippen LogP contribution in [0.5, 0.6) is 0 Å². The van der Waals surface area contributed by atoms with E-state index in [-0.39, 0.29) is 0 Å². The van der Waals surface area contributed by atoms with Gasteiger partial charge in [0, 0.05) is 28.8 Å². The monoisotopic (exact) mass is 343 g/mol. The van der Waals surface area contributed by atoms with Crippen LogP contribution in [0.15, 0.2) is 59.3 Å². The Kier molecular flexibility index (Phi) is 4.36. The largest absolute Gasteiger partial charge is 0.306 e. The third kappa shape index (κ3) is 3.17. The maximum atomic E-state index is 4.38. The van der Waals surface area contributed by atoms with Gasteiger partial charge < -0.3 is 5.32 Å². The SMILES string of the molecule is CCC(NCc1cnn2ccccc12)c1ccc(Br)cc1. The van der Waals surface area contributed by atoms with Gasteiger partial charge in [0.15, 0.2) is 0 Å². The quantitative estimate of drug-likeness (QED) is 0.746. The van der Waals surface area contributed by atoms with Gasteiger partial charge in [-0.15, -0.1) is 0 Å². The lowest BCUT2D eigenvalue weighted by molar-refractivity contribution is 0.520. The zero-order valence-electron chi connectivity index (χ0n) is 12.0. The minimum absolute atomic E-state index is 0.358. The van der Waals surface area contributed by atoms with Gasteiger partial charge in [-0.25, -0.2) is 4.52 Å². The molecule has 0 radical (unpaired) electrons. The first kappa shape index (κ1) is 14.3. The van der Waals surface area contributed by atoms with E-state index in [2.05, 4.69) is 63.6 Å². The van der Waals surface area contributed by atoms with E-state index in [1.54, 1.807) is 0 Å². The maximum absolute atomic E-state index is 4.38. The van der Waals surface area contributed by atoms with Crippen LogP contribution >= 0.6 is 15.9 Å². The lowest BCUT2D eigenvalue weighted by atomic mass is 10.0. The van der Waals surface area contributed by atoms with Crippen LogP contribution in [0.3, 0.4) is 0 Å². The third-order valence-electron chi connectivity index (χ3n) is 3.73. The second-order valence-electron chi connectivity index (χ2n) is 5.09. The molecule has 1 N–H and O–H groups in total. The molecular formula is C17H18BrN3. The average molecular weight is 344 g/mol. The number of rotatable bonds is 5. The van der Waals surface area contributed by atoms with Crippen molar-refractivity contribution in [2.24, 2.45) is 0 Å². The van der Waals surface area contributed by atoms with Gasteiger partial charge in [0.2, 0.25) is 0 Å². The van der Waals surface area contributed by atoms with Crippen LogP contribution in [0.2, 0.25) is 0 Å². The molecule has 1 aromatic carbocycles. The lowest BCUT2D eigenvalue weighted by Crippen LogP contribution is -2.20. The van der Waals surface area contributed by atoms with Crippen LogP contribution in [-0.2, 0) is 6.54 Å². The van der Waals surface area contributed by atoms with Crippen LogP contribution in [0.1, 0.15) is 30.5 Å². The minimum atomic E-state index is 0.358. The second-order valence-corrected chi connectivity index (χ2v) is 6.01. The molecule has 1 atom stereocenters. The Morgan fingerprint density at radius 1 is 1.19 bits per heavy atom. The molecule has 3 aromatic rings. The number of halogens is 1. The highest BCUT2D eigenvalue weighted by Crippen LogP contribution is 2.20. The number of aromatic nitrogens is 2. The standard InChI is InChI=1S/C17H18BrN3/c1-2-16(13-6-8-15(18)9-7-13)19-11-14-12-20-21-10-4-3-5-17(14)21/h3-10,12,16,19H,2,11H2,1H3. The summed E-state index contributed by atoms with van der Waals surface area (Å²) >= 11 is 3.48. The molecule has 0 aliphatic heterocycles. The smallest absolute Gasteiger partial charge is 0.0706 e. The number of pyridine rings is 1. The van der Waals surface area contributed by atoms with Crippen molar-refractivity contribution in [2.75, 3.05) is 0 Å². The summed E-state index contributed by atoms with van der Waals surface area (Å²) in [7, 11) is 0. The first-order chi connectivity index (χ1) is 10.3. The zero-order valence-corrected chi connectivity index (χ0v) is 13.5. The summed E-state index contributed by atoms with van der Waals surface area (Å²) < 4.78 is 3.03. The molecule has 108 valence electrons. The molecule has 0 saturated heterocycles. The lowest BCUT2D eigenvalue weighted by Gasteiger charge is -2.17. The first-order valence-corrected chi connectivity index (χ1v) is 7.97. The van der Waals surface area contributed by atoms with Crippen LogP contribution in [0.25, 0.3) is 5.52 Å². The molecule has 4 heteroatoms. The van der Waals surface area contributed by atoms with E-state index in [0.717, 1.165) is 23.0 Å². The number of hydrogen-bond donors (Lipinski definition) is 1. The van der Waals surface area contributed by atoms with Gasteiger partial charge in [-0.2, -0.15) is 5.10 Å². The number of benzene rings is 1. The molecule has 0 aliphatic carbocycles. The first-order valence-electron chi connectivity index (χ1n) is 7.18. The number of hydrogen-bond acceptors (Lipinski definition) is 2. The van der Waals surface area contributed by atoms with E-state index in [0.29, 0.717) is 6.04 Å². The predicted octanol–water partition coefficient (Wildman–Crippen LogP) is 4.34. The third-order valence-corrected chi connectivity index (χ3v) is 4.25. The van der Waals surface area contributed by atoms with Crippen molar-refractivity contribution >= 4 is 21.4 Å². The van der Waals surface area contributed by atoms with E-state index in [1.807, 2.05) is 29.0 Å². The average Bonchev–Trinajstić information content (AvgIpc) is 2.93. The van der Waals surface area contributed by atoms with E-state index >= 15 is 0 Å². The van der Waals surface area contributed by atoms with Gasteiger partial charge in [-0.3, -0.25) is 0 Å². The Labute approximate surface area is 133 Å². The van der Waals surface area contributed by atoms with Gasteiger partial charge in [0.05, 0.1) is 11.7 Å². The van der Waals surface area contributed by atoms with Crippen molar-refractivity contribution in [2.45, 2.75) is 25.9 Å². The summed E-state index contributed by atoms with van der Waals surface area (Å²) in [4.78, 5) is 0. The summed E-state index contributed by atoms with van der Waals surface area (Å²) in [6.07, 6.45) is 4.97. The normalized spacial score (nSPS) is 12.7. The van der Waals surface area contributed by atoms with Crippen LogP contribution < -0.4 is 5.32 Å². The fourth-order valence-corrected chi connectivity index (χ4v) is 2.81. The molecule has 0 aliphatic rings. The van der Waals surface area contributed by atoms with Crippen molar-refractivity contribution in [1.29, 1.82) is 0 Å². The van der Waals surface area contributed by atoms with Crippen molar-refractivity contribution in [3.05, 3.63) is 70.5 Å². The van der Waals surface area contributed by atoms with Gasteiger partial charge in [-0.05, 0) is 36.2 Å². The van der Waals surface area contributed by atoms with E-state index < -0.39 is 0 Å². The molecular weight excluding hydrogens is 326 g/mol. The Morgan fingerprint density at radius 2 is 2.00 bits per heavy atom. The molecule has 0 spiro atoms. The summed E-state index contributed by atoms with van der Waals surface area (Å²) in [6, 6.07) is 15.0. The molecule has 3 nitrogen and oxygen atoms in total. The fraction of sp³-hybridized carbons (Fsp3) is 0.235. The summed E-state index contributed by atoms with van der Waals surface area (Å²) in [6.45, 7) is 3.03. The molecule has 0 saturated carbocycles. The fourth-order valence-electron chi connectivity index (χ4n) is 2.55. The van der Waals surface area contributed by atoms with Gasteiger partial charge in [0.1, 0.15) is 0 Å². The predicted molar refractivity (Wildman–Crippen MR) is 89.2 cm³/mol. The minimum Gasteiger partial charge on any atom is -0.306 e.